The number of benzene rings is 2. The lowest BCUT2D eigenvalue weighted by Gasteiger charge is -2.18. The molecule has 0 aliphatic rings. The van der Waals surface area contributed by atoms with Crippen LogP contribution in [0.25, 0.3) is 21.8 Å². The Bertz CT molecular complexity index is 1270. The summed E-state index contributed by atoms with van der Waals surface area (Å²) in [5.41, 5.74) is 4.95. The number of hydrogen-bond donors (Lipinski definition) is 2. The number of fused-ring (bicyclic) bond motifs is 2. The third-order valence-corrected chi connectivity index (χ3v) is 5.88. The molecule has 0 fully saturated rings. The number of para-hydroxylation sites is 1. The number of aromatic nitrogens is 3. The Morgan fingerprint density at radius 3 is 2.66 bits per heavy atom. The number of rotatable bonds is 5. The zero-order valence-electron chi connectivity index (χ0n) is 16.8. The van der Waals surface area contributed by atoms with E-state index in [4.69, 9.17) is 11.6 Å². The third-order valence-electron chi connectivity index (χ3n) is 5.56. The summed E-state index contributed by atoms with van der Waals surface area (Å²) in [5.74, 6) is 0.682. The number of aromatic amines is 1. The quantitative estimate of drug-likeness (QED) is 0.499. The van der Waals surface area contributed by atoms with Crippen LogP contribution in [0.1, 0.15) is 29.4 Å². The van der Waals surface area contributed by atoms with E-state index >= 15 is 0 Å². The number of nitrogens with zero attached hydrogens (tertiary/aromatic N) is 2. The van der Waals surface area contributed by atoms with Gasteiger partial charge in [-0.3, -0.25) is 4.79 Å². The standard InChI is InChI=1S/C23H23ClN4O/c1-4-28(13-20-25-19-8-6-5-7-18(19)23(29)26-20)12-17-11-16-10-9-14(2)15(3)21(16)27-22(17)24/h5-11H,4,12-13H2,1-3H3,(H,25,26,29)/p+1. The molecule has 2 aromatic carbocycles. The molecule has 0 saturated carbocycles. The van der Waals surface area contributed by atoms with Crippen molar-refractivity contribution in [3.05, 3.63) is 80.5 Å². The van der Waals surface area contributed by atoms with E-state index in [1.807, 2.05) is 18.2 Å². The lowest BCUT2D eigenvalue weighted by atomic mass is 10.0. The van der Waals surface area contributed by atoms with Crippen LogP contribution in [-0.4, -0.2) is 21.5 Å². The molecule has 5 nitrogen and oxygen atoms in total. The van der Waals surface area contributed by atoms with Gasteiger partial charge < -0.3 is 9.88 Å². The zero-order chi connectivity index (χ0) is 20.5. The zero-order valence-corrected chi connectivity index (χ0v) is 17.6. The molecule has 0 saturated heterocycles. The monoisotopic (exact) mass is 407 g/mol. The molecule has 2 N–H and O–H groups in total. The second kappa shape index (κ2) is 7.93. The molecule has 2 aromatic heterocycles. The fourth-order valence-electron chi connectivity index (χ4n) is 3.67. The van der Waals surface area contributed by atoms with Gasteiger partial charge in [0.2, 0.25) is 0 Å². The Morgan fingerprint density at radius 2 is 1.86 bits per heavy atom. The second-order valence-electron chi connectivity index (χ2n) is 7.50. The van der Waals surface area contributed by atoms with E-state index in [1.54, 1.807) is 6.07 Å². The van der Waals surface area contributed by atoms with Gasteiger partial charge in [0.05, 0.1) is 23.0 Å². The lowest BCUT2D eigenvalue weighted by molar-refractivity contribution is -0.926. The van der Waals surface area contributed by atoms with E-state index in [2.05, 4.69) is 53.9 Å². The lowest BCUT2D eigenvalue weighted by Crippen LogP contribution is -3.09. The molecule has 0 amide bonds. The summed E-state index contributed by atoms with van der Waals surface area (Å²) in [7, 11) is 0. The van der Waals surface area contributed by atoms with Gasteiger partial charge in [-0.2, -0.15) is 0 Å². The van der Waals surface area contributed by atoms with Crippen LogP contribution in [0.15, 0.2) is 47.3 Å². The second-order valence-corrected chi connectivity index (χ2v) is 7.86. The summed E-state index contributed by atoms with van der Waals surface area (Å²) >= 11 is 6.54. The minimum absolute atomic E-state index is 0.0997. The van der Waals surface area contributed by atoms with Crippen LogP contribution >= 0.6 is 11.6 Å². The van der Waals surface area contributed by atoms with E-state index in [1.165, 1.54) is 10.5 Å². The van der Waals surface area contributed by atoms with Gasteiger partial charge in [-0.05, 0) is 50.1 Å². The number of pyridine rings is 1. The van der Waals surface area contributed by atoms with Crippen molar-refractivity contribution in [1.29, 1.82) is 0 Å². The molecule has 1 atom stereocenters. The largest absolute Gasteiger partial charge is 0.325 e. The van der Waals surface area contributed by atoms with Crippen LogP contribution in [-0.2, 0) is 13.1 Å². The highest BCUT2D eigenvalue weighted by atomic mass is 35.5. The summed E-state index contributed by atoms with van der Waals surface area (Å²) < 4.78 is 0. The maximum atomic E-state index is 12.4. The number of quaternary nitrogens is 1. The fraction of sp³-hybridized carbons (Fsp3) is 0.261. The van der Waals surface area contributed by atoms with Gasteiger partial charge >= 0.3 is 0 Å². The highest BCUT2D eigenvalue weighted by molar-refractivity contribution is 6.30. The summed E-state index contributed by atoms with van der Waals surface area (Å²) in [6, 6.07) is 13.7. The highest BCUT2D eigenvalue weighted by Crippen LogP contribution is 2.24. The summed E-state index contributed by atoms with van der Waals surface area (Å²) in [6.07, 6.45) is 0. The van der Waals surface area contributed by atoms with Gasteiger partial charge in [-0.15, -0.1) is 0 Å². The third kappa shape index (κ3) is 3.88. The minimum atomic E-state index is -0.0997. The van der Waals surface area contributed by atoms with Gasteiger partial charge in [0.25, 0.3) is 5.56 Å². The van der Waals surface area contributed by atoms with Crippen molar-refractivity contribution < 1.29 is 4.90 Å². The van der Waals surface area contributed by atoms with E-state index < -0.39 is 0 Å². The van der Waals surface area contributed by atoms with Crippen LogP contribution in [0, 0.1) is 13.8 Å². The van der Waals surface area contributed by atoms with Gasteiger partial charge in [0.15, 0.2) is 5.82 Å². The average Bonchev–Trinajstić information content (AvgIpc) is 2.71. The van der Waals surface area contributed by atoms with E-state index in [-0.39, 0.29) is 5.56 Å². The van der Waals surface area contributed by atoms with Crippen molar-refractivity contribution in [2.24, 2.45) is 0 Å². The fourth-order valence-corrected chi connectivity index (χ4v) is 3.87. The van der Waals surface area contributed by atoms with Crippen molar-refractivity contribution in [2.45, 2.75) is 33.9 Å². The van der Waals surface area contributed by atoms with Crippen molar-refractivity contribution in [1.82, 2.24) is 15.0 Å². The molecular weight excluding hydrogens is 384 g/mol. The number of aryl methyl sites for hydroxylation is 2. The van der Waals surface area contributed by atoms with Crippen LogP contribution in [0.3, 0.4) is 0 Å². The van der Waals surface area contributed by atoms with E-state index in [0.717, 1.165) is 34.1 Å². The Hall–Kier alpha value is -2.76. The molecule has 0 radical (unpaired) electrons. The van der Waals surface area contributed by atoms with Crippen LogP contribution in [0.2, 0.25) is 5.15 Å². The van der Waals surface area contributed by atoms with E-state index in [9.17, 15) is 4.79 Å². The highest BCUT2D eigenvalue weighted by Gasteiger charge is 2.16. The summed E-state index contributed by atoms with van der Waals surface area (Å²) in [6.45, 7) is 8.46. The molecule has 148 valence electrons. The molecule has 0 aliphatic carbocycles. The minimum Gasteiger partial charge on any atom is -0.325 e. The normalized spacial score (nSPS) is 12.6. The predicted octanol–water partition coefficient (Wildman–Crippen LogP) is 3.35. The summed E-state index contributed by atoms with van der Waals surface area (Å²) in [5, 5.41) is 2.25. The molecule has 29 heavy (non-hydrogen) atoms. The average molecular weight is 408 g/mol. The number of H-pyrrole nitrogens is 1. The topological polar surface area (TPSA) is 63.1 Å². The maximum absolute atomic E-state index is 12.4. The SMILES string of the molecule is CC[NH+](Cc1nc2ccccc2c(=O)[nH]1)Cc1cc2ccc(C)c(C)c2nc1Cl. The van der Waals surface area contributed by atoms with Crippen LogP contribution in [0.4, 0.5) is 0 Å². The Labute approximate surface area is 174 Å². The Morgan fingerprint density at radius 1 is 1.07 bits per heavy atom. The maximum Gasteiger partial charge on any atom is 0.258 e. The molecule has 6 heteroatoms. The van der Waals surface area contributed by atoms with Crippen molar-refractivity contribution >= 4 is 33.4 Å². The predicted molar refractivity (Wildman–Crippen MR) is 118 cm³/mol. The molecule has 0 bridgehead atoms. The molecular formula is C23H24ClN4O+. The van der Waals surface area contributed by atoms with Crippen molar-refractivity contribution in [3.8, 4) is 0 Å². The van der Waals surface area contributed by atoms with Crippen LogP contribution in [0.5, 0.6) is 0 Å². The van der Waals surface area contributed by atoms with Crippen molar-refractivity contribution in [2.75, 3.05) is 6.54 Å². The van der Waals surface area contributed by atoms with E-state index in [0.29, 0.717) is 29.5 Å². The van der Waals surface area contributed by atoms with Gasteiger partial charge in [-0.1, -0.05) is 35.9 Å². The first-order valence-electron chi connectivity index (χ1n) is 9.83. The molecule has 0 spiro atoms. The molecule has 2 heterocycles. The Balaban J connectivity index is 1.63. The first-order valence-corrected chi connectivity index (χ1v) is 10.2. The first-order chi connectivity index (χ1) is 14.0. The van der Waals surface area contributed by atoms with Gasteiger partial charge in [-0.25, -0.2) is 9.97 Å². The van der Waals surface area contributed by atoms with Gasteiger partial charge in [0, 0.05) is 10.9 Å². The van der Waals surface area contributed by atoms with Crippen LogP contribution < -0.4 is 10.5 Å². The smallest absolute Gasteiger partial charge is 0.258 e. The molecule has 1 unspecified atom stereocenters. The molecule has 4 rings (SSSR count). The summed E-state index contributed by atoms with van der Waals surface area (Å²) in [4.78, 5) is 25.8. The number of hydrogen-bond acceptors (Lipinski definition) is 3. The number of halogens is 1. The number of nitrogens with one attached hydrogen (secondary N) is 2. The molecule has 0 aliphatic heterocycles. The van der Waals surface area contributed by atoms with Crippen molar-refractivity contribution in [3.63, 3.8) is 0 Å². The first kappa shape index (κ1) is 19.6. The van der Waals surface area contributed by atoms with Gasteiger partial charge in [0.1, 0.15) is 18.2 Å². The molecule has 4 aromatic rings. The Kier molecular flexibility index (Phi) is 5.35.